The lowest BCUT2D eigenvalue weighted by atomic mass is 9.94. The van der Waals surface area contributed by atoms with Crippen LogP contribution in [0.15, 0.2) is 204 Å². The minimum atomic E-state index is -2.73. The summed E-state index contributed by atoms with van der Waals surface area (Å²) in [4.78, 5) is 17.6. The van der Waals surface area contributed by atoms with Gasteiger partial charge in [-0.05, 0) is 206 Å². The van der Waals surface area contributed by atoms with E-state index in [1.807, 2.05) is 165 Å². The molecule has 0 saturated heterocycles. The van der Waals surface area contributed by atoms with E-state index in [0.717, 1.165) is 99.6 Å². The second-order valence-electron chi connectivity index (χ2n) is 36.2. The molecule has 0 spiro atoms. The van der Waals surface area contributed by atoms with Crippen molar-refractivity contribution in [1.82, 2.24) is 0 Å². The molecule has 5 unspecified atom stereocenters. The Kier molecular flexibility index (Phi) is 18.1. The van der Waals surface area contributed by atoms with Crippen LogP contribution in [0.5, 0.6) is 0 Å². The van der Waals surface area contributed by atoms with E-state index in [-0.39, 0.29) is 52.1 Å². The number of pyridine rings is 5. The van der Waals surface area contributed by atoms with Crippen molar-refractivity contribution < 1.29 is 86.0 Å². The monoisotopic (exact) mass is 1880 g/mol. The molecule has 0 aliphatic carbocycles. The van der Waals surface area contributed by atoms with Crippen LogP contribution in [0, 0.1) is 137 Å². The van der Waals surface area contributed by atoms with Crippen LogP contribution >= 0.6 is 0 Å². The number of aryl methyl sites for hydroxylation is 13. The quantitative estimate of drug-likeness (QED) is 0.100. The molecule has 140 heavy (non-hydrogen) atoms. The van der Waals surface area contributed by atoms with E-state index < -0.39 is 77.4 Å². The SMILES string of the molecule is [2H]C([2H])([2H])C([2H])(C)c1cc(C)[n+](C)c(-c2c(C)ccc3c2oc2cc([N+]#[C-])c(C)cc23)c1.[2H]C([2H])([2H])c1cc(C)c(-c2cc(C([2H])(C)C([2H])([2H])[2H])cc(C)[n+]2C)c2oc3cc([N+]#[C-])ccc3c12.[2H]C([2H])([2H])c1cc([N+]#[C-])cc2oc3c(-c4cc(C([2H])(C)C([2H])([2H])[2H])cc(C)[n+]4C)c(C)ccc3c12.[2H]c1c(C([2H])(C)C([2H])([2H])[2H])c([2H])c(-c2c(C)ccc3c2oc2c(C)c([N+]#[C-])ccc23)[n+](C)c1C.[2H]c1c(C([2H])(C)C([2H])([2H])[2H])c([2H])c(-c2c(C)ccc3c2oc2cc([N+]#[C-])c(C)cc23)[n+](C)c1C. The van der Waals surface area contributed by atoms with Crippen molar-refractivity contribution in [3.8, 4) is 56.3 Å². The number of benzene rings is 10. The molecule has 0 fully saturated rings. The smallest absolute Gasteiger partial charge is 0.216 e. The van der Waals surface area contributed by atoms with Gasteiger partial charge >= 0.3 is 0 Å². The highest BCUT2D eigenvalue weighted by molar-refractivity contribution is 6.16. The summed E-state index contributed by atoms with van der Waals surface area (Å²) in [5.74, 6) is -9.74. The van der Waals surface area contributed by atoms with E-state index in [9.17, 15) is 0 Å². The van der Waals surface area contributed by atoms with Crippen LogP contribution in [0.1, 0.15) is 251 Å². The van der Waals surface area contributed by atoms with Crippen molar-refractivity contribution in [3.05, 3.63) is 351 Å². The summed E-state index contributed by atoms with van der Waals surface area (Å²) in [7, 11) is 9.05. The summed E-state index contributed by atoms with van der Waals surface area (Å²) in [6.07, 6.45) is 0. The van der Waals surface area contributed by atoms with Crippen LogP contribution in [0.4, 0.5) is 28.4 Å². The number of aromatic nitrogens is 5. The first kappa shape index (κ1) is 66.0. The van der Waals surface area contributed by atoms with Crippen LogP contribution in [0.2, 0.25) is 0 Å². The number of nitrogens with zero attached hydrogens (tertiary/aromatic N) is 10. The van der Waals surface area contributed by atoms with Crippen LogP contribution in [-0.2, 0) is 35.2 Å². The molecular weight excluding hydrogens is 1720 g/mol. The lowest BCUT2D eigenvalue weighted by Crippen LogP contribution is -2.35. The lowest BCUT2D eigenvalue weighted by molar-refractivity contribution is -0.666. The zero-order valence-electron chi connectivity index (χ0n) is 113. The van der Waals surface area contributed by atoms with Crippen molar-refractivity contribution in [2.75, 3.05) is 0 Å². The molecule has 20 rings (SSSR count). The third-order valence-electron chi connectivity index (χ3n) is 26.8. The predicted octanol–water partition coefficient (Wildman–Crippen LogP) is 33.4. The summed E-state index contributed by atoms with van der Waals surface area (Å²) in [5, 5.41) is 7.23. The number of rotatable bonds is 10. The minimum Gasteiger partial charge on any atom is -0.456 e. The van der Waals surface area contributed by atoms with E-state index in [0.29, 0.717) is 179 Å². The number of fused-ring (bicyclic) bond motifs is 15. The molecule has 0 bridgehead atoms. The molecule has 0 amide bonds. The van der Waals surface area contributed by atoms with Gasteiger partial charge in [-0.2, -0.15) is 22.8 Å². The Balaban J connectivity index is 0.000000148. The first-order valence-corrected chi connectivity index (χ1v) is 45.3. The van der Waals surface area contributed by atoms with E-state index in [1.165, 1.54) is 46.8 Å². The molecule has 0 saturated carbocycles. The largest absolute Gasteiger partial charge is 0.456 e. The maximum atomic E-state index is 9.02. The second-order valence-corrected chi connectivity index (χ2v) is 36.2. The summed E-state index contributed by atoms with van der Waals surface area (Å²) in [6.45, 7) is 49.7. The zero-order valence-corrected chi connectivity index (χ0v) is 82.5. The summed E-state index contributed by atoms with van der Waals surface area (Å²) in [5.41, 5.74) is 24.0. The average Bonchev–Trinajstić information content (AvgIpc) is 1.65. The molecule has 20 aromatic rings. The van der Waals surface area contributed by atoms with Gasteiger partial charge in [-0.3, -0.25) is 0 Å². The van der Waals surface area contributed by atoms with Crippen molar-refractivity contribution in [2.24, 2.45) is 35.2 Å². The van der Waals surface area contributed by atoms with E-state index >= 15 is 0 Å². The van der Waals surface area contributed by atoms with Gasteiger partial charge in [0.2, 0.25) is 28.5 Å². The van der Waals surface area contributed by atoms with Crippen LogP contribution in [0.25, 0.3) is 190 Å². The van der Waals surface area contributed by atoms with Crippen molar-refractivity contribution >= 4 is 138 Å². The van der Waals surface area contributed by atoms with E-state index in [2.05, 4.69) is 24.2 Å². The van der Waals surface area contributed by atoms with Gasteiger partial charge in [0.15, 0.2) is 56.9 Å². The normalized spacial score (nSPS) is 17.4. The summed E-state index contributed by atoms with van der Waals surface area (Å²) in [6, 6.07) is 45.5. The number of hydrogen-bond donors (Lipinski definition) is 0. The third kappa shape index (κ3) is 17.6. The first-order chi connectivity index (χ1) is 78.5. The number of hydrogen-bond acceptors (Lipinski definition) is 5. The molecule has 15 nitrogen and oxygen atoms in total. The van der Waals surface area contributed by atoms with E-state index in [4.69, 9.17) is 96.1 Å². The Bertz CT molecular complexity index is 10300. The molecule has 0 aliphatic heterocycles. The predicted molar refractivity (Wildman–Crippen MR) is 574 cm³/mol. The van der Waals surface area contributed by atoms with Gasteiger partial charge in [0.05, 0.1) is 66.2 Å². The minimum absolute atomic E-state index is 0.0463. The maximum absolute atomic E-state index is 9.02. The molecule has 5 atom stereocenters. The Morgan fingerprint density at radius 2 is 0.607 bits per heavy atom. The zero-order chi connectivity index (χ0) is 126. The molecule has 0 aliphatic rings. The van der Waals surface area contributed by atoms with Gasteiger partial charge < -0.3 is 22.1 Å². The van der Waals surface area contributed by atoms with Crippen LogP contribution < -0.4 is 22.8 Å². The maximum Gasteiger partial charge on any atom is 0.216 e. The molecule has 10 heterocycles. The highest BCUT2D eigenvalue weighted by Crippen LogP contribution is 2.48. The molecule has 15 heteroatoms. The van der Waals surface area contributed by atoms with Crippen LogP contribution in [0.3, 0.4) is 0 Å². The Labute approximate surface area is 865 Å². The Morgan fingerprint density at radius 1 is 0.264 bits per heavy atom. The van der Waals surface area contributed by atoms with Gasteiger partial charge in [-0.15, -0.1) is 0 Å². The van der Waals surface area contributed by atoms with Gasteiger partial charge in [0.1, 0.15) is 91.1 Å². The van der Waals surface area contributed by atoms with Gasteiger partial charge in [-0.25, -0.2) is 24.2 Å². The Hall–Kier alpha value is -15.6. The highest BCUT2D eigenvalue weighted by Gasteiger charge is 2.32. The molecule has 10 aromatic heterocycles. The summed E-state index contributed by atoms with van der Waals surface area (Å²) >= 11 is 0. The molecule has 0 radical (unpaired) electrons. The molecule has 0 N–H and O–H groups in total. The fourth-order valence-electron chi connectivity index (χ4n) is 18.4. The van der Waals surface area contributed by atoms with Gasteiger partial charge in [0.25, 0.3) is 0 Å². The second kappa shape index (κ2) is 38.4. The van der Waals surface area contributed by atoms with Crippen molar-refractivity contribution in [1.29, 1.82) is 0 Å². The molecular formula is C125H125N10O5+5. The average molecular weight is 1880 g/mol. The van der Waals surface area contributed by atoms with Gasteiger partial charge in [-0.1, -0.05) is 166 Å². The topological polar surface area (TPSA) is 107 Å². The fraction of sp³-hybridized carbons (Fsp3) is 0.280. The van der Waals surface area contributed by atoms with Crippen molar-refractivity contribution in [3.63, 3.8) is 0 Å². The first-order valence-electron chi connectivity index (χ1n) is 60.3. The van der Waals surface area contributed by atoms with E-state index in [1.54, 1.807) is 129 Å². The lowest BCUT2D eigenvalue weighted by Gasteiger charge is -2.12. The molecule has 700 valence electrons. The number of furan rings is 5. The third-order valence-corrected chi connectivity index (χ3v) is 26.8. The highest BCUT2D eigenvalue weighted by atomic mass is 16.3. The Morgan fingerprint density at radius 3 is 1.04 bits per heavy atom. The van der Waals surface area contributed by atoms with Crippen LogP contribution in [-0.4, -0.2) is 0 Å². The van der Waals surface area contributed by atoms with Gasteiger partial charge in [0, 0.05) is 185 Å². The fourth-order valence-corrected chi connectivity index (χ4v) is 18.4. The summed E-state index contributed by atoms with van der Waals surface area (Å²) < 4.78 is 286. The molecule has 10 aromatic carbocycles. The van der Waals surface area contributed by atoms with Crippen molar-refractivity contribution in [2.45, 2.75) is 202 Å². The standard InChI is InChI=1S/5C25H25N2O/c1-14(2)18-11-17(5)27(7)21(12-18)24-16(4)10-15(3)23-20-9-8-19(26-6)13-22(20)28-25(23)24;1-14(2)18-11-17(5)27(7)21(12-18)24-15(3)8-9-20-23-16(4)10-19(26-6)13-22(23)28-25(20)24;2*1-14(2)18-11-17(5)27(7)22(12-18)24-15(3)8-9-19-20-10-16(4)21(26-6)13-23(20)28-25(19)24;1-14(2)18-12-16(4)27(7)22(13-18)23-15(3)8-9-20-19-10-11-21(26-6)17(5)24(19)28-25(20)23/h5*8-14H,1-5,7H3/q5*+1/i1D3,3D3,14D;1D3,4D3,14D;1D3,11D,12D,14D;1D3,14D;1D3,12D,13D,14D.